The number of rotatable bonds is 5. The lowest BCUT2D eigenvalue weighted by Crippen LogP contribution is -2.27. The van der Waals surface area contributed by atoms with Crippen molar-refractivity contribution < 1.29 is 4.79 Å². The molecule has 4 nitrogen and oxygen atoms in total. The van der Waals surface area contributed by atoms with Crippen LogP contribution in [0.5, 0.6) is 0 Å². The van der Waals surface area contributed by atoms with Crippen LogP contribution in [0.4, 0.5) is 0 Å². The summed E-state index contributed by atoms with van der Waals surface area (Å²) in [6.07, 6.45) is 3.36. The number of hydrogen-bond acceptors (Lipinski definition) is 2. The Hall–Kier alpha value is -2.88. The van der Waals surface area contributed by atoms with Crippen LogP contribution in [0.25, 0.3) is 16.9 Å². The normalized spacial score (nSPS) is 12.4. The third kappa shape index (κ3) is 3.35. The summed E-state index contributed by atoms with van der Waals surface area (Å²) in [5.74, 6) is 1.26. The van der Waals surface area contributed by atoms with E-state index in [4.69, 9.17) is 4.98 Å². The zero-order chi connectivity index (χ0) is 19.7. The molecule has 2 aromatic carbocycles. The highest BCUT2D eigenvalue weighted by Crippen LogP contribution is 2.33. The highest BCUT2D eigenvalue weighted by Gasteiger charge is 2.25. The maximum atomic E-state index is 12.5. The molecule has 144 valence electrons. The molecule has 1 aliphatic rings. The smallest absolute Gasteiger partial charge is 0.222 e. The Kier molecular flexibility index (Phi) is 5.03. The van der Waals surface area contributed by atoms with E-state index in [1.54, 1.807) is 0 Å². The lowest BCUT2D eigenvalue weighted by Gasteiger charge is -2.23. The first-order chi connectivity index (χ1) is 13.6. The van der Waals surface area contributed by atoms with E-state index in [0.717, 1.165) is 42.0 Å². The lowest BCUT2D eigenvalue weighted by molar-refractivity contribution is -0.130. The van der Waals surface area contributed by atoms with Crippen LogP contribution in [0, 0.1) is 6.92 Å². The molecule has 3 aromatic rings. The van der Waals surface area contributed by atoms with Crippen molar-refractivity contribution in [3.05, 3.63) is 71.2 Å². The van der Waals surface area contributed by atoms with Crippen molar-refractivity contribution in [2.24, 2.45) is 0 Å². The van der Waals surface area contributed by atoms with Crippen molar-refractivity contribution in [2.45, 2.75) is 46.1 Å². The van der Waals surface area contributed by atoms with Crippen LogP contribution in [0.2, 0.25) is 0 Å². The van der Waals surface area contributed by atoms with E-state index in [2.05, 4.69) is 60.0 Å². The lowest BCUT2D eigenvalue weighted by atomic mass is 10.0. The molecule has 0 N–H and O–H groups in total. The Labute approximate surface area is 166 Å². The Morgan fingerprint density at radius 3 is 2.61 bits per heavy atom. The molecule has 0 spiro atoms. The number of benzene rings is 2. The van der Waals surface area contributed by atoms with Gasteiger partial charge in [-0.25, -0.2) is 4.98 Å². The highest BCUT2D eigenvalue weighted by molar-refractivity contribution is 5.76. The van der Waals surface area contributed by atoms with Gasteiger partial charge in [-0.2, -0.15) is 0 Å². The van der Waals surface area contributed by atoms with Crippen LogP contribution in [0.1, 0.15) is 42.4 Å². The van der Waals surface area contributed by atoms with E-state index >= 15 is 0 Å². The number of aromatic nitrogens is 2. The van der Waals surface area contributed by atoms with E-state index in [0.29, 0.717) is 13.0 Å². The standard InChI is InChI=1S/C24H27N3O/c1-4-7-23(28)26(3)16-21-24(19-12-10-17(2)11-13-19)25-22-15-14-18-8-5-6-9-20(18)27(21)22/h5-6,8-13H,4,7,14-16H2,1-3H3. The maximum absolute atomic E-state index is 12.5. The van der Waals surface area contributed by atoms with E-state index in [9.17, 15) is 4.79 Å². The molecule has 0 radical (unpaired) electrons. The number of para-hydroxylation sites is 1. The van der Waals surface area contributed by atoms with Crippen molar-refractivity contribution in [1.29, 1.82) is 0 Å². The molecule has 4 heteroatoms. The van der Waals surface area contributed by atoms with E-state index < -0.39 is 0 Å². The Bertz CT molecular complexity index is 1000. The molecule has 28 heavy (non-hydrogen) atoms. The summed E-state index contributed by atoms with van der Waals surface area (Å²) >= 11 is 0. The van der Waals surface area contributed by atoms with E-state index in [-0.39, 0.29) is 5.91 Å². The largest absolute Gasteiger partial charge is 0.340 e. The van der Waals surface area contributed by atoms with Gasteiger partial charge in [0.2, 0.25) is 5.91 Å². The van der Waals surface area contributed by atoms with Gasteiger partial charge >= 0.3 is 0 Å². The fraction of sp³-hybridized carbons (Fsp3) is 0.333. The first kappa shape index (κ1) is 18.5. The molecule has 0 atom stereocenters. The van der Waals surface area contributed by atoms with Gasteiger partial charge in [-0.15, -0.1) is 0 Å². The monoisotopic (exact) mass is 373 g/mol. The molecule has 1 aromatic heterocycles. The predicted octanol–water partition coefficient (Wildman–Crippen LogP) is 4.70. The third-order valence-electron chi connectivity index (χ3n) is 5.49. The summed E-state index contributed by atoms with van der Waals surface area (Å²) in [6.45, 7) is 4.69. The van der Waals surface area contributed by atoms with Crippen LogP contribution in [-0.2, 0) is 24.2 Å². The summed E-state index contributed by atoms with van der Waals surface area (Å²) in [7, 11) is 1.89. The number of hydrogen-bond donors (Lipinski definition) is 0. The zero-order valence-electron chi connectivity index (χ0n) is 16.9. The van der Waals surface area contributed by atoms with Gasteiger partial charge in [0, 0.05) is 25.5 Å². The number of nitrogens with zero attached hydrogens (tertiary/aromatic N) is 3. The van der Waals surface area contributed by atoms with Gasteiger partial charge in [-0.05, 0) is 31.4 Å². The molecule has 0 saturated carbocycles. The summed E-state index contributed by atoms with van der Waals surface area (Å²) in [5, 5.41) is 0. The van der Waals surface area contributed by atoms with Crippen LogP contribution < -0.4 is 0 Å². The van der Waals surface area contributed by atoms with Crippen molar-refractivity contribution in [1.82, 2.24) is 14.5 Å². The van der Waals surface area contributed by atoms with Gasteiger partial charge in [0.1, 0.15) is 5.82 Å². The van der Waals surface area contributed by atoms with Gasteiger partial charge in [-0.3, -0.25) is 9.36 Å². The van der Waals surface area contributed by atoms with Crippen LogP contribution >= 0.6 is 0 Å². The second-order valence-electron chi connectivity index (χ2n) is 7.65. The Morgan fingerprint density at radius 1 is 1.11 bits per heavy atom. The molecule has 1 aliphatic heterocycles. The molecule has 2 heterocycles. The van der Waals surface area contributed by atoms with Crippen LogP contribution in [0.15, 0.2) is 48.5 Å². The van der Waals surface area contributed by atoms with Gasteiger partial charge in [-0.1, -0.05) is 55.0 Å². The summed E-state index contributed by atoms with van der Waals surface area (Å²) < 4.78 is 2.28. The SMILES string of the molecule is CCCC(=O)N(C)Cc1c(-c2ccc(C)cc2)nc2n1-c1ccccc1CC2. The minimum absolute atomic E-state index is 0.178. The van der Waals surface area contributed by atoms with Crippen LogP contribution in [0.3, 0.4) is 0 Å². The average molecular weight is 374 g/mol. The first-order valence-corrected chi connectivity index (χ1v) is 10.1. The molecule has 4 rings (SSSR count). The quantitative estimate of drug-likeness (QED) is 0.650. The molecule has 0 bridgehead atoms. The van der Waals surface area contributed by atoms with Crippen molar-refractivity contribution in [2.75, 3.05) is 7.05 Å². The summed E-state index contributed by atoms with van der Waals surface area (Å²) in [5.41, 5.74) is 6.96. The molecule has 1 amide bonds. The fourth-order valence-corrected chi connectivity index (χ4v) is 3.95. The molecule has 0 aliphatic carbocycles. The first-order valence-electron chi connectivity index (χ1n) is 10.1. The highest BCUT2D eigenvalue weighted by atomic mass is 16.2. The van der Waals surface area contributed by atoms with Gasteiger partial charge in [0.15, 0.2) is 0 Å². The Balaban J connectivity index is 1.85. The number of carbonyl (C=O) groups is 1. The minimum Gasteiger partial charge on any atom is -0.340 e. The number of fused-ring (bicyclic) bond motifs is 3. The van der Waals surface area contributed by atoms with Crippen LogP contribution in [-0.4, -0.2) is 27.4 Å². The second-order valence-corrected chi connectivity index (χ2v) is 7.65. The number of aryl methyl sites for hydroxylation is 3. The van der Waals surface area contributed by atoms with Crippen molar-refractivity contribution >= 4 is 5.91 Å². The summed E-state index contributed by atoms with van der Waals surface area (Å²) in [6, 6.07) is 17.0. The second kappa shape index (κ2) is 7.63. The Morgan fingerprint density at radius 2 is 1.86 bits per heavy atom. The van der Waals surface area contributed by atoms with Crippen molar-refractivity contribution in [3.8, 4) is 16.9 Å². The summed E-state index contributed by atoms with van der Waals surface area (Å²) in [4.78, 5) is 19.3. The topological polar surface area (TPSA) is 38.1 Å². The molecular weight excluding hydrogens is 346 g/mol. The molecule has 0 saturated heterocycles. The zero-order valence-corrected chi connectivity index (χ0v) is 16.9. The number of carbonyl (C=O) groups excluding carboxylic acids is 1. The van der Waals surface area contributed by atoms with Gasteiger partial charge in [0.25, 0.3) is 0 Å². The molecule has 0 fully saturated rings. The maximum Gasteiger partial charge on any atom is 0.222 e. The predicted molar refractivity (Wildman–Crippen MR) is 113 cm³/mol. The fourth-order valence-electron chi connectivity index (χ4n) is 3.95. The molecule has 0 unspecified atom stereocenters. The van der Waals surface area contributed by atoms with Gasteiger partial charge in [0.05, 0.1) is 23.6 Å². The molecular formula is C24H27N3O. The third-order valence-corrected chi connectivity index (χ3v) is 5.49. The number of imidazole rings is 1. The average Bonchev–Trinajstić information content (AvgIpc) is 3.07. The minimum atomic E-state index is 0.178. The number of amides is 1. The van der Waals surface area contributed by atoms with Crippen molar-refractivity contribution in [3.63, 3.8) is 0 Å². The van der Waals surface area contributed by atoms with E-state index in [1.165, 1.54) is 16.8 Å². The van der Waals surface area contributed by atoms with E-state index in [1.807, 2.05) is 18.9 Å². The van der Waals surface area contributed by atoms with Gasteiger partial charge < -0.3 is 4.90 Å².